The molecule has 256 valence electrons. The number of nitrogens with one attached hydrogen (secondary N) is 1. The zero-order valence-corrected chi connectivity index (χ0v) is 28.6. The number of nitrogens with zero attached hydrogens (tertiary/aromatic N) is 4. The molecule has 0 spiro atoms. The van der Waals surface area contributed by atoms with Crippen molar-refractivity contribution in [3.8, 4) is 17.0 Å². The average molecular weight is 676 g/mol. The molecule has 4 heterocycles. The lowest BCUT2D eigenvalue weighted by Gasteiger charge is -2.40. The van der Waals surface area contributed by atoms with Gasteiger partial charge in [0.1, 0.15) is 5.75 Å². The smallest absolute Gasteiger partial charge is 0.303 e. The number of rotatable bonds is 6. The van der Waals surface area contributed by atoms with E-state index in [4.69, 9.17) is 4.74 Å². The van der Waals surface area contributed by atoms with Crippen molar-refractivity contribution in [1.29, 1.82) is 0 Å². The van der Waals surface area contributed by atoms with Crippen LogP contribution in [0.15, 0.2) is 42.0 Å². The van der Waals surface area contributed by atoms with Crippen LogP contribution in [-0.2, 0) is 26.3 Å². The average Bonchev–Trinajstić information content (AvgIpc) is 3.31. The highest BCUT2D eigenvalue weighted by atomic mass is 32.2. The molecule has 1 saturated carbocycles. The van der Waals surface area contributed by atoms with E-state index < -0.39 is 16.1 Å². The lowest BCUT2D eigenvalue weighted by atomic mass is 9.81. The minimum absolute atomic E-state index is 0.0235. The van der Waals surface area contributed by atoms with Gasteiger partial charge in [-0.3, -0.25) is 14.5 Å². The van der Waals surface area contributed by atoms with E-state index in [-0.39, 0.29) is 23.8 Å². The Morgan fingerprint density at radius 1 is 0.938 bits per heavy atom. The maximum absolute atomic E-state index is 14.3. The van der Waals surface area contributed by atoms with Gasteiger partial charge in [-0.2, -0.15) is 12.7 Å². The maximum Gasteiger partial charge on any atom is 0.303 e. The first kappa shape index (κ1) is 32.8. The minimum atomic E-state index is -3.99. The number of benzene rings is 2. The molecule has 2 saturated heterocycles. The molecular formula is C36H45N5O6S. The Bertz CT molecular complexity index is 1860. The molecule has 2 amide bonds. The van der Waals surface area contributed by atoms with Gasteiger partial charge in [-0.25, -0.2) is 4.72 Å². The maximum atomic E-state index is 14.3. The fourth-order valence-electron chi connectivity index (χ4n) is 8.04. The minimum Gasteiger partial charge on any atom is -0.508 e. The van der Waals surface area contributed by atoms with Crippen LogP contribution in [0.4, 0.5) is 0 Å². The second-order valence-electron chi connectivity index (χ2n) is 13.7. The SMILES string of the molecule is CN(C)S(=O)(=O)NC(=O)c1ccc2c(C3CCCCC3)c3n(c2c1)CC(C(=O)N1CCC(N2CCOCC2)CC1)=Cc1cc(O)ccc1-3. The number of carbonyl (C=O) groups is 2. The molecule has 12 heteroatoms. The van der Waals surface area contributed by atoms with Crippen LogP contribution in [0.1, 0.15) is 72.3 Å². The van der Waals surface area contributed by atoms with Gasteiger partial charge in [-0.15, -0.1) is 0 Å². The van der Waals surface area contributed by atoms with E-state index in [9.17, 15) is 23.1 Å². The molecule has 3 aliphatic heterocycles. The highest BCUT2D eigenvalue weighted by Crippen LogP contribution is 2.47. The van der Waals surface area contributed by atoms with Gasteiger partial charge in [0.25, 0.3) is 11.8 Å². The largest absolute Gasteiger partial charge is 0.508 e. The zero-order chi connectivity index (χ0) is 33.6. The number of amides is 2. The summed E-state index contributed by atoms with van der Waals surface area (Å²) in [4.78, 5) is 32.1. The van der Waals surface area contributed by atoms with E-state index in [2.05, 4.69) is 14.2 Å². The fraction of sp³-hybridized carbons (Fsp3) is 0.500. The number of morpholine rings is 1. The highest BCUT2D eigenvalue weighted by molar-refractivity contribution is 7.87. The molecule has 2 aromatic carbocycles. The number of phenols is 1. The Morgan fingerprint density at radius 2 is 1.67 bits per heavy atom. The molecule has 0 radical (unpaired) electrons. The molecule has 48 heavy (non-hydrogen) atoms. The predicted octanol–water partition coefficient (Wildman–Crippen LogP) is 4.32. The molecule has 4 aliphatic rings. The van der Waals surface area contributed by atoms with E-state index in [0.29, 0.717) is 30.6 Å². The monoisotopic (exact) mass is 675 g/mol. The Hall–Kier alpha value is -3.71. The first-order valence-electron chi connectivity index (χ1n) is 17.2. The van der Waals surface area contributed by atoms with Crippen LogP contribution in [0.5, 0.6) is 5.75 Å². The van der Waals surface area contributed by atoms with Gasteiger partial charge >= 0.3 is 10.2 Å². The molecule has 7 rings (SSSR count). The number of aromatic hydroxyl groups is 1. The van der Waals surface area contributed by atoms with Gasteiger partial charge in [-0.05, 0) is 79.1 Å². The van der Waals surface area contributed by atoms with E-state index in [0.717, 1.165) is 96.9 Å². The number of piperidine rings is 1. The summed E-state index contributed by atoms with van der Waals surface area (Å²) < 4.78 is 35.8. The summed E-state index contributed by atoms with van der Waals surface area (Å²) in [6.07, 6.45) is 9.29. The lowest BCUT2D eigenvalue weighted by molar-refractivity contribution is -0.129. The quantitative estimate of drug-likeness (QED) is 0.399. The summed E-state index contributed by atoms with van der Waals surface area (Å²) in [5, 5.41) is 11.6. The van der Waals surface area contributed by atoms with E-state index in [1.54, 1.807) is 24.3 Å². The van der Waals surface area contributed by atoms with Crippen LogP contribution in [0, 0.1) is 0 Å². The van der Waals surface area contributed by atoms with Crippen molar-refractivity contribution in [3.05, 3.63) is 58.7 Å². The van der Waals surface area contributed by atoms with Crippen LogP contribution >= 0.6 is 0 Å². The Morgan fingerprint density at radius 3 is 2.38 bits per heavy atom. The number of ether oxygens (including phenoxy) is 1. The molecule has 3 aromatic rings. The van der Waals surface area contributed by atoms with Crippen molar-refractivity contribution in [2.45, 2.75) is 63.5 Å². The number of hydrogen-bond acceptors (Lipinski definition) is 7. The van der Waals surface area contributed by atoms with Gasteiger partial charge in [-0.1, -0.05) is 25.3 Å². The zero-order valence-electron chi connectivity index (χ0n) is 27.8. The molecule has 1 aliphatic carbocycles. The summed E-state index contributed by atoms with van der Waals surface area (Å²) in [6.45, 7) is 4.99. The summed E-state index contributed by atoms with van der Waals surface area (Å²) >= 11 is 0. The molecule has 1 aromatic heterocycles. The van der Waals surface area contributed by atoms with Crippen LogP contribution < -0.4 is 4.72 Å². The molecule has 0 unspecified atom stereocenters. The first-order valence-corrected chi connectivity index (χ1v) is 18.6. The summed E-state index contributed by atoms with van der Waals surface area (Å²) in [6, 6.07) is 11.2. The topological polar surface area (TPSA) is 124 Å². The van der Waals surface area contributed by atoms with Crippen molar-refractivity contribution >= 4 is 39.0 Å². The molecule has 3 fully saturated rings. The molecule has 0 bridgehead atoms. The summed E-state index contributed by atoms with van der Waals surface area (Å²) in [5.41, 5.74) is 5.53. The predicted molar refractivity (Wildman–Crippen MR) is 185 cm³/mol. The fourth-order valence-corrected chi connectivity index (χ4v) is 8.58. The van der Waals surface area contributed by atoms with Gasteiger partial charge in [0, 0.05) is 73.9 Å². The second-order valence-corrected chi connectivity index (χ2v) is 15.6. The Kier molecular flexibility index (Phi) is 9.10. The molecule has 11 nitrogen and oxygen atoms in total. The number of aromatic nitrogens is 1. The van der Waals surface area contributed by atoms with Gasteiger partial charge in [0.05, 0.1) is 25.5 Å². The standard InChI is InChI=1S/C36H45N5O6S/c1-38(2)48(45,46)37-35(43)25-8-10-31-32(22-25)41-23-27(36(44)40-14-12-28(13-15-40)39-16-18-47-19-17-39)20-26-21-29(42)9-11-30(26)34(41)33(31)24-6-4-3-5-7-24/h8-11,20-22,24,28,42H,3-7,12-19,23H2,1-2H3,(H,37,43). The van der Waals surface area contributed by atoms with E-state index >= 15 is 0 Å². The third-order valence-corrected chi connectivity index (χ3v) is 12.0. The Balaban J connectivity index is 1.30. The van der Waals surface area contributed by atoms with Gasteiger partial charge in [0.2, 0.25) is 0 Å². The van der Waals surface area contributed by atoms with E-state index in [1.807, 2.05) is 23.1 Å². The Labute approximate surface area is 282 Å². The van der Waals surface area contributed by atoms with Crippen LogP contribution in [0.3, 0.4) is 0 Å². The number of carbonyl (C=O) groups excluding carboxylic acids is 2. The van der Waals surface area contributed by atoms with Crippen molar-refractivity contribution in [2.24, 2.45) is 0 Å². The van der Waals surface area contributed by atoms with Gasteiger partial charge in [0.15, 0.2) is 0 Å². The normalized spacial score (nSPS) is 19.9. The van der Waals surface area contributed by atoms with E-state index in [1.165, 1.54) is 26.1 Å². The lowest BCUT2D eigenvalue weighted by Crippen LogP contribution is -2.50. The van der Waals surface area contributed by atoms with Crippen LogP contribution in [0.25, 0.3) is 28.2 Å². The summed E-state index contributed by atoms with van der Waals surface area (Å²) in [7, 11) is -1.25. The molecule has 0 atom stereocenters. The third kappa shape index (κ3) is 6.26. The highest BCUT2D eigenvalue weighted by Gasteiger charge is 2.33. The van der Waals surface area contributed by atoms with Crippen molar-refractivity contribution in [2.75, 3.05) is 53.5 Å². The van der Waals surface area contributed by atoms with Crippen molar-refractivity contribution < 1.29 is 27.9 Å². The number of phenolic OH excluding ortho intramolecular Hbond substituents is 1. The summed E-state index contributed by atoms with van der Waals surface area (Å²) in [5.74, 6) is -0.309. The second kappa shape index (κ2) is 13.3. The number of likely N-dealkylation sites (tertiary alicyclic amines) is 1. The molecular weight excluding hydrogens is 630 g/mol. The van der Waals surface area contributed by atoms with Crippen molar-refractivity contribution in [1.82, 2.24) is 23.4 Å². The van der Waals surface area contributed by atoms with Gasteiger partial charge < -0.3 is 19.3 Å². The van der Waals surface area contributed by atoms with Crippen molar-refractivity contribution in [3.63, 3.8) is 0 Å². The third-order valence-electron chi connectivity index (χ3n) is 10.6. The number of fused-ring (bicyclic) bond motifs is 5. The number of hydrogen-bond donors (Lipinski definition) is 2. The van der Waals surface area contributed by atoms with Crippen LogP contribution in [0.2, 0.25) is 0 Å². The molecule has 2 N–H and O–H groups in total. The first-order chi connectivity index (χ1) is 23.1. The van der Waals surface area contributed by atoms with Crippen LogP contribution in [-0.4, -0.2) is 104 Å².